The van der Waals surface area contributed by atoms with E-state index in [9.17, 15) is 4.79 Å². The molecule has 5 nitrogen and oxygen atoms in total. The van der Waals surface area contributed by atoms with Gasteiger partial charge in [-0.2, -0.15) is 0 Å². The average Bonchev–Trinajstić information content (AvgIpc) is 3.09. The first-order chi connectivity index (χ1) is 8.14. The number of rotatable bonds is 2. The number of hydrogen-bond acceptors (Lipinski definition) is 4. The van der Waals surface area contributed by atoms with Crippen LogP contribution in [0.1, 0.15) is 12.8 Å². The minimum Gasteiger partial charge on any atom is -0.476 e. The van der Waals surface area contributed by atoms with Gasteiger partial charge >= 0.3 is 0 Å². The summed E-state index contributed by atoms with van der Waals surface area (Å²) in [6.45, 7) is 0.477. The van der Waals surface area contributed by atoms with Gasteiger partial charge in [0.2, 0.25) is 0 Å². The fraction of sp³-hybridized carbons (Fsp3) is 0.455. The van der Waals surface area contributed by atoms with E-state index in [0.717, 1.165) is 12.8 Å². The Labute approximate surface area is 107 Å². The third kappa shape index (κ3) is 1.71. The first-order valence-electron chi connectivity index (χ1n) is 5.49. The molecule has 1 unspecified atom stereocenters. The van der Waals surface area contributed by atoms with E-state index in [-0.39, 0.29) is 11.3 Å². The SMILES string of the molecule is NCC1(C2Oc3ccc(Br)nc3NC2=O)CC1. The van der Waals surface area contributed by atoms with Gasteiger partial charge in [-0.3, -0.25) is 4.79 Å². The van der Waals surface area contributed by atoms with Crippen LogP contribution in [0.15, 0.2) is 16.7 Å². The van der Waals surface area contributed by atoms with E-state index in [1.54, 1.807) is 12.1 Å². The number of carbonyl (C=O) groups excluding carboxylic acids is 1. The Balaban J connectivity index is 1.93. The molecular weight excluding hydrogens is 286 g/mol. The van der Waals surface area contributed by atoms with Crippen molar-refractivity contribution in [2.75, 3.05) is 11.9 Å². The summed E-state index contributed by atoms with van der Waals surface area (Å²) in [6.07, 6.45) is 1.41. The molecule has 0 spiro atoms. The highest BCUT2D eigenvalue weighted by molar-refractivity contribution is 9.10. The molecule has 17 heavy (non-hydrogen) atoms. The highest BCUT2D eigenvalue weighted by atomic mass is 79.9. The van der Waals surface area contributed by atoms with E-state index in [1.165, 1.54) is 0 Å². The molecule has 1 fully saturated rings. The number of ether oxygens (including phenoxy) is 1. The van der Waals surface area contributed by atoms with E-state index >= 15 is 0 Å². The van der Waals surface area contributed by atoms with Gasteiger partial charge < -0.3 is 15.8 Å². The van der Waals surface area contributed by atoms with Crippen molar-refractivity contribution in [3.05, 3.63) is 16.7 Å². The topological polar surface area (TPSA) is 77.2 Å². The van der Waals surface area contributed by atoms with Crippen LogP contribution >= 0.6 is 15.9 Å². The van der Waals surface area contributed by atoms with Crippen molar-refractivity contribution in [3.8, 4) is 5.75 Å². The molecule has 3 rings (SSSR count). The van der Waals surface area contributed by atoms with Gasteiger partial charge in [-0.1, -0.05) is 0 Å². The van der Waals surface area contributed by atoms with Crippen molar-refractivity contribution < 1.29 is 9.53 Å². The maximum Gasteiger partial charge on any atom is 0.267 e. The normalized spacial score (nSPS) is 24.6. The molecule has 0 aromatic carbocycles. The molecule has 90 valence electrons. The second-order valence-electron chi connectivity index (χ2n) is 4.53. The Morgan fingerprint density at radius 1 is 1.59 bits per heavy atom. The molecule has 2 aliphatic rings. The number of amides is 1. The van der Waals surface area contributed by atoms with E-state index in [1.807, 2.05) is 0 Å². The largest absolute Gasteiger partial charge is 0.476 e. The van der Waals surface area contributed by atoms with Crippen molar-refractivity contribution in [2.45, 2.75) is 18.9 Å². The van der Waals surface area contributed by atoms with Crippen LogP contribution in [-0.2, 0) is 4.79 Å². The number of nitrogens with one attached hydrogen (secondary N) is 1. The molecule has 1 aromatic rings. The van der Waals surface area contributed by atoms with E-state index < -0.39 is 6.10 Å². The molecule has 2 heterocycles. The monoisotopic (exact) mass is 297 g/mol. The summed E-state index contributed by atoms with van der Waals surface area (Å²) in [6, 6.07) is 3.58. The van der Waals surface area contributed by atoms with Crippen LogP contribution in [-0.4, -0.2) is 23.5 Å². The third-order valence-corrected chi connectivity index (χ3v) is 3.85. The molecule has 1 atom stereocenters. The van der Waals surface area contributed by atoms with Crippen molar-refractivity contribution >= 4 is 27.7 Å². The van der Waals surface area contributed by atoms with Crippen molar-refractivity contribution in [2.24, 2.45) is 11.1 Å². The molecule has 1 aliphatic carbocycles. The predicted octanol–water partition coefficient (Wildman–Crippen LogP) is 1.28. The molecule has 3 N–H and O–H groups in total. The first-order valence-corrected chi connectivity index (χ1v) is 6.28. The molecule has 1 aliphatic heterocycles. The summed E-state index contributed by atoms with van der Waals surface area (Å²) in [5.74, 6) is 0.928. The Morgan fingerprint density at radius 2 is 2.35 bits per heavy atom. The van der Waals surface area contributed by atoms with Crippen LogP contribution in [0.3, 0.4) is 0 Å². The molecular formula is C11H12BrN3O2. The van der Waals surface area contributed by atoms with E-state index in [0.29, 0.717) is 22.7 Å². The average molecular weight is 298 g/mol. The smallest absolute Gasteiger partial charge is 0.267 e. The zero-order valence-electron chi connectivity index (χ0n) is 9.07. The number of nitrogens with zero attached hydrogens (tertiary/aromatic N) is 1. The van der Waals surface area contributed by atoms with Crippen molar-refractivity contribution in [1.29, 1.82) is 0 Å². The van der Waals surface area contributed by atoms with Gasteiger partial charge in [-0.25, -0.2) is 4.98 Å². The molecule has 1 saturated carbocycles. The lowest BCUT2D eigenvalue weighted by Crippen LogP contribution is -2.46. The van der Waals surface area contributed by atoms with Gasteiger partial charge in [0.25, 0.3) is 5.91 Å². The second-order valence-corrected chi connectivity index (χ2v) is 5.35. The van der Waals surface area contributed by atoms with Gasteiger partial charge in [-0.15, -0.1) is 0 Å². The summed E-state index contributed by atoms with van der Waals surface area (Å²) >= 11 is 3.25. The lowest BCUT2D eigenvalue weighted by molar-refractivity contribution is -0.126. The second kappa shape index (κ2) is 3.68. The Hall–Kier alpha value is -1.14. The molecule has 1 aromatic heterocycles. The molecule has 0 bridgehead atoms. The lowest BCUT2D eigenvalue weighted by atomic mass is 9.97. The molecule has 0 radical (unpaired) electrons. The van der Waals surface area contributed by atoms with Crippen LogP contribution in [0.4, 0.5) is 5.82 Å². The fourth-order valence-electron chi connectivity index (χ4n) is 2.11. The summed E-state index contributed by atoms with van der Waals surface area (Å²) < 4.78 is 6.41. The lowest BCUT2D eigenvalue weighted by Gasteiger charge is -2.30. The minimum absolute atomic E-state index is 0.147. The van der Waals surface area contributed by atoms with Crippen LogP contribution in [0, 0.1) is 5.41 Å². The maximum absolute atomic E-state index is 12.0. The highest BCUT2D eigenvalue weighted by Gasteiger charge is 2.54. The zero-order valence-corrected chi connectivity index (χ0v) is 10.7. The summed E-state index contributed by atoms with van der Waals surface area (Å²) in [5.41, 5.74) is 5.55. The Kier molecular flexibility index (Phi) is 2.38. The molecule has 6 heteroatoms. The highest BCUT2D eigenvalue weighted by Crippen LogP contribution is 2.50. The van der Waals surface area contributed by atoms with Crippen LogP contribution in [0.25, 0.3) is 0 Å². The quantitative estimate of drug-likeness (QED) is 0.806. The number of anilines is 1. The minimum atomic E-state index is -0.483. The number of aromatic nitrogens is 1. The van der Waals surface area contributed by atoms with E-state index in [4.69, 9.17) is 10.5 Å². The van der Waals surface area contributed by atoms with E-state index in [2.05, 4.69) is 26.2 Å². The first kappa shape index (κ1) is 11.0. The summed E-state index contributed by atoms with van der Waals surface area (Å²) in [4.78, 5) is 16.1. The standard InChI is InChI=1S/C11H12BrN3O2/c12-7-2-1-6-9(14-7)15-10(16)8(17-6)11(5-13)3-4-11/h1-2,8H,3-5,13H2,(H,14,15,16). The maximum atomic E-state index is 12.0. The third-order valence-electron chi connectivity index (χ3n) is 3.40. The number of pyridine rings is 1. The number of carbonyl (C=O) groups is 1. The number of nitrogens with two attached hydrogens (primary N) is 1. The zero-order chi connectivity index (χ0) is 12.0. The van der Waals surface area contributed by atoms with Crippen molar-refractivity contribution in [1.82, 2.24) is 4.98 Å². The fourth-order valence-corrected chi connectivity index (χ4v) is 2.42. The number of halogens is 1. The number of hydrogen-bond donors (Lipinski definition) is 2. The Bertz CT molecular complexity index is 488. The van der Waals surface area contributed by atoms with Gasteiger partial charge in [0.15, 0.2) is 17.7 Å². The van der Waals surface area contributed by atoms with Gasteiger partial charge in [0, 0.05) is 12.0 Å². The van der Waals surface area contributed by atoms with Crippen molar-refractivity contribution in [3.63, 3.8) is 0 Å². The van der Waals surface area contributed by atoms with Crippen LogP contribution in [0.2, 0.25) is 0 Å². The van der Waals surface area contributed by atoms with Gasteiger partial charge in [0.1, 0.15) is 4.60 Å². The molecule has 0 saturated heterocycles. The van der Waals surface area contributed by atoms with Crippen LogP contribution in [0.5, 0.6) is 5.75 Å². The van der Waals surface area contributed by atoms with Gasteiger partial charge in [-0.05, 0) is 40.9 Å². The summed E-state index contributed by atoms with van der Waals surface area (Å²) in [7, 11) is 0. The predicted molar refractivity (Wildman–Crippen MR) is 65.7 cm³/mol. The summed E-state index contributed by atoms with van der Waals surface area (Å²) in [5, 5.41) is 2.77. The molecule has 1 amide bonds. The van der Waals surface area contributed by atoms with Crippen LogP contribution < -0.4 is 15.8 Å². The van der Waals surface area contributed by atoms with Gasteiger partial charge in [0.05, 0.1) is 0 Å². The number of fused-ring (bicyclic) bond motifs is 1. The Morgan fingerprint density at radius 3 is 3.00 bits per heavy atom.